The number of halogens is 1. The summed E-state index contributed by atoms with van der Waals surface area (Å²) in [5, 5.41) is 3.15. The van der Waals surface area contributed by atoms with Gasteiger partial charge in [0.05, 0.1) is 16.2 Å². The Balaban J connectivity index is 1.70. The smallest absolute Gasteiger partial charge is 0.398 e. The minimum atomic E-state index is -0.853. The Morgan fingerprint density at radius 1 is 1.35 bits per heavy atom. The molecule has 2 heterocycles. The molecule has 1 aliphatic carbocycles. The molecule has 1 unspecified atom stereocenters. The molecule has 1 aromatic rings. The summed E-state index contributed by atoms with van der Waals surface area (Å²) in [7, 11) is -0.853. The van der Waals surface area contributed by atoms with Crippen molar-refractivity contribution in [2.75, 3.05) is 0 Å². The van der Waals surface area contributed by atoms with Crippen molar-refractivity contribution in [2.24, 2.45) is 5.92 Å². The summed E-state index contributed by atoms with van der Waals surface area (Å²) >= 11 is 1.68. The average Bonchev–Trinajstić information content (AvgIpc) is 3.05. The molecule has 0 N–H and O–H groups in total. The molecule has 1 aromatic heterocycles. The third kappa shape index (κ3) is 3.54. The van der Waals surface area contributed by atoms with Crippen LogP contribution in [0.5, 0.6) is 0 Å². The zero-order valence-electron chi connectivity index (χ0n) is 14.4. The fourth-order valence-corrected chi connectivity index (χ4v) is 3.99. The van der Waals surface area contributed by atoms with Crippen molar-refractivity contribution in [1.82, 2.24) is 4.98 Å². The highest BCUT2D eigenvalue weighted by Gasteiger charge is 2.53. The monoisotopic (exact) mass is 337 g/mol. The fraction of sp³-hybridized carbons (Fsp3) is 0.706. The van der Waals surface area contributed by atoms with Crippen LogP contribution < -0.4 is 0 Å². The molecule has 0 amide bonds. The Bertz CT molecular complexity index is 569. The van der Waals surface area contributed by atoms with Gasteiger partial charge in [-0.2, -0.15) is 0 Å². The molecule has 0 aromatic carbocycles. The highest BCUT2D eigenvalue weighted by Crippen LogP contribution is 2.41. The summed E-state index contributed by atoms with van der Waals surface area (Å²) in [4.78, 5) is 4.36. The third-order valence-corrected chi connectivity index (χ3v) is 6.17. The predicted molar refractivity (Wildman–Crippen MR) is 92.0 cm³/mol. The Morgan fingerprint density at radius 2 is 2.04 bits per heavy atom. The normalized spacial score (nSPS) is 28.9. The molecule has 126 valence electrons. The maximum Gasteiger partial charge on any atom is 0.525 e. The number of thiazole rings is 1. The van der Waals surface area contributed by atoms with Crippen LogP contribution in [0.3, 0.4) is 0 Å². The van der Waals surface area contributed by atoms with E-state index in [1.165, 1.54) is 0 Å². The molecule has 6 heteroatoms. The van der Waals surface area contributed by atoms with E-state index in [1.807, 2.05) is 39.3 Å². The van der Waals surface area contributed by atoms with E-state index in [-0.39, 0.29) is 5.73 Å². The average molecular weight is 337 g/mol. The van der Waals surface area contributed by atoms with Crippen LogP contribution in [-0.2, 0) is 15.7 Å². The highest BCUT2D eigenvalue weighted by molar-refractivity contribution is 7.09. The van der Waals surface area contributed by atoms with Crippen LogP contribution in [0, 0.1) is 5.92 Å². The van der Waals surface area contributed by atoms with E-state index in [2.05, 4.69) is 4.98 Å². The van der Waals surface area contributed by atoms with E-state index in [4.69, 9.17) is 9.31 Å². The van der Waals surface area contributed by atoms with Crippen LogP contribution >= 0.6 is 11.3 Å². The standard InChI is InChI=1S/C17H25BFNO2S/c1-16(2)17(3,4)22-18(21-16)15(19)13-7-5-6-12(10-13)11-14-20-8-9-23-14/h8-9,12H,5-7,10-11H2,1-4H3. The molecule has 1 aliphatic heterocycles. The van der Waals surface area contributed by atoms with Crippen molar-refractivity contribution in [1.29, 1.82) is 0 Å². The van der Waals surface area contributed by atoms with E-state index < -0.39 is 18.3 Å². The lowest BCUT2D eigenvalue weighted by Crippen LogP contribution is -2.41. The van der Waals surface area contributed by atoms with E-state index in [1.54, 1.807) is 11.3 Å². The summed E-state index contributed by atoms with van der Waals surface area (Å²) in [6, 6.07) is 0. The first-order valence-corrected chi connectivity index (χ1v) is 9.28. The van der Waals surface area contributed by atoms with Crippen molar-refractivity contribution < 1.29 is 13.7 Å². The van der Waals surface area contributed by atoms with E-state index in [0.717, 1.165) is 42.7 Å². The van der Waals surface area contributed by atoms with E-state index >= 15 is 0 Å². The Morgan fingerprint density at radius 3 is 2.65 bits per heavy atom. The Labute approximate surface area is 142 Å². The van der Waals surface area contributed by atoms with Gasteiger partial charge in [-0.05, 0) is 64.9 Å². The molecule has 1 atom stereocenters. The van der Waals surface area contributed by atoms with Gasteiger partial charge in [0.25, 0.3) is 0 Å². The van der Waals surface area contributed by atoms with Crippen molar-refractivity contribution in [3.05, 3.63) is 27.9 Å². The summed E-state index contributed by atoms with van der Waals surface area (Å²) < 4.78 is 26.7. The molecule has 1 saturated heterocycles. The van der Waals surface area contributed by atoms with Gasteiger partial charge in [-0.1, -0.05) is 0 Å². The molecule has 3 nitrogen and oxygen atoms in total. The van der Waals surface area contributed by atoms with Crippen molar-refractivity contribution >= 4 is 18.5 Å². The number of rotatable bonds is 3. The Hall–Kier alpha value is -0.715. The van der Waals surface area contributed by atoms with Gasteiger partial charge in [-0.25, -0.2) is 9.37 Å². The minimum Gasteiger partial charge on any atom is -0.398 e. The highest BCUT2D eigenvalue weighted by atomic mass is 32.1. The molecule has 1 saturated carbocycles. The zero-order chi connectivity index (χ0) is 16.7. The van der Waals surface area contributed by atoms with Gasteiger partial charge < -0.3 is 9.31 Å². The molecule has 2 fully saturated rings. The predicted octanol–water partition coefficient (Wildman–Crippen LogP) is 4.73. The van der Waals surface area contributed by atoms with Crippen LogP contribution in [0.2, 0.25) is 0 Å². The van der Waals surface area contributed by atoms with Crippen LogP contribution in [0.4, 0.5) is 4.39 Å². The molecule has 0 bridgehead atoms. The maximum absolute atomic E-state index is 14.9. The van der Waals surface area contributed by atoms with Crippen molar-refractivity contribution in [3.63, 3.8) is 0 Å². The minimum absolute atomic E-state index is 0.201. The molecular weight excluding hydrogens is 312 g/mol. The zero-order valence-corrected chi connectivity index (χ0v) is 15.2. The van der Waals surface area contributed by atoms with Gasteiger partial charge in [0.2, 0.25) is 0 Å². The fourth-order valence-electron chi connectivity index (χ4n) is 3.26. The summed E-state index contributed by atoms with van der Waals surface area (Å²) in [6.45, 7) is 7.82. The second kappa shape index (κ2) is 6.30. The van der Waals surface area contributed by atoms with Gasteiger partial charge in [-0.3, -0.25) is 0 Å². The number of hydrogen-bond donors (Lipinski definition) is 0. The third-order valence-electron chi connectivity index (χ3n) is 5.37. The molecule has 23 heavy (non-hydrogen) atoms. The number of hydrogen-bond acceptors (Lipinski definition) is 4. The number of allylic oxidation sites excluding steroid dienone is 1. The lowest BCUT2D eigenvalue weighted by atomic mass is 9.76. The number of nitrogens with zero attached hydrogens (tertiary/aromatic N) is 1. The lowest BCUT2D eigenvalue weighted by molar-refractivity contribution is 0.00578. The molecule has 3 rings (SSSR count). The second-order valence-corrected chi connectivity index (χ2v) is 8.61. The SMILES string of the molecule is CC1(C)OB(C(F)=C2CCCC(Cc3nccs3)C2)OC1(C)C. The quantitative estimate of drug-likeness (QED) is 0.747. The largest absolute Gasteiger partial charge is 0.525 e. The van der Waals surface area contributed by atoms with Crippen LogP contribution in [0.1, 0.15) is 58.4 Å². The molecule has 2 aliphatic rings. The van der Waals surface area contributed by atoms with Gasteiger partial charge in [0.15, 0.2) is 0 Å². The first-order chi connectivity index (χ1) is 10.8. The van der Waals surface area contributed by atoms with E-state index in [9.17, 15) is 4.39 Å². The summed E-state index contributed by atoms with van der Waals surface area (Å²) in [5.41, 5.74) is -0.321. The van der Waals surface area contributed by atoms with Crippen LogP contribution in [0.25, 0.3) is 0 Å². The van der Waals surface area contributed by atoms with Gasteiger partial charge in [0, 0.05) is 18.0 Å². The van der Waals surface area contributed by atoms with Crippen LogP contribution in [0.15, 0.2) is 22.9 Å². The second-order valence-electron chi connectivity index (χ2n) is 7.63. The maximum atomic E-state index is 14.9. The molecular formula is C17H25BFNO2S. The topological polar surface area (TPSA) is 31.4 Å². The van der Waals surface area contributed by atoms with Gasteiger partial charge >= 0.3 is 7.12 Å². The van der Waals surface area contributed by atoms with Crippen LogP contribution in [-0.4, -0.2) is 23.3 Å². The Kier molecular flexibility index (Phi) is 4.69. The van der Waals surface area contributed by atoms with Gasteiger partial charge in [0.1, 0.15) is 5.73 Å². The van der Waals surface area contributed by atoms with Crippen molar-refractivity contribution in [3.8, 4) is 0 Å². The summed E-state index contributed by atoms with van der Waals surface area (Å²) in [6.07, 6.45) is 6.54. The summed E-state index contributed by atoms with van der Waals surface area (Å²) in [5.74, 6) is 0.470. The van der Waals surface area contributed by atoms with E-state index in [0.29, 0.717) is 5.92 Å². The van der Waals surface area contributed by atoms with Gasteiger partial charge in [-0.15, -0.1) is 11.3 Å². The lowest BCUT2D eigenvalue weighted by Gasteiger charge is -2.32. The molecule has 0 spiro atoms. The first-order valence-electron chi connectivity index (χ1n) is 8.40. The van der Waals surface area contributed by atoms with Crippen molar-refractivity contribution in [2.45, 2.75) is 71.0 Å². The first kappa shape index (κ1) is 17.1. The molecule has 0 radical (unpaired) electrons. The number of aromatic nitrogens is 1.